The van der Waals surface area contributed by atoms with Crippen molar-refractivity contribution in [3.63, 3.8) is 0 Å². The van der Waals surface area contributed by atoms with Crippen LogP contribution in [0.4, 0.5) is 0 Å². The summed E-state index contributed by atoms with van der Waals surface area (Å²) in [6.45, 7) is 0. The highest BCUT2D eigenvalue weighted by atomic mass is 14.5. The smallest absolute Gasteiger partial charge is 0.0355 e. The molecule has 0 saturated heterocycles. The maximum Gasteiger partial charge on any atom is -0.0355 e. The SMILES string of the molecule is C1CC2CCC3CCC3C2C1. The molecule has 4 atom stereocenters. The Morgan fingerprint density at radius 1 is 0.545 bits per heavy atom. The summed E-state index contributed by atoms with van der Waals surface area (Å²) in [6, 6.07) is 0. The molecule has 0 heteroatoms. The van der Waals surface area contributed by atoms with Crippen molar-refractivity contribution in [2.24, 2.45) is 23.7 Å². The van der Waals surface area contributed by atoms with E-state index >= 15 is 0 Å². The molecule has 0 heterocycles. The second-order valence-electron chi connectivity index (χ2n) is 4.93. The van der Waals surface area contributed by atoms with Gasteiger partial charge in [0.25, 0.3) is 0 Å². The fourth-order valence-corrected chi connectivity index (χ4v) is 3.93. The summed E-state index contributed by atoms with van der Waals surface area (Å²) >= 11 is 0. The predicted molar refractivity (Wildman–Crippen MR) is 46.3 cm³/mol. The van der Waals surface area contributed by atoms with Crippen LogP contribution < -0.4 is 0 Å². The average molecular weight is 150 g/mol. The maximum absolute atomic E-state index is 1.59. The van der Waals surface area contributed by atoms with Gasteiger partial charge in [0.15, 0.2) is 0 Å². The average Bonchev–Trinajstić information content (AvgIpc) is 2.34. The summed E-state index contributed by atoms with van der Waals surface area (Å²) in [6.07, 6.45) is 11.1. The second kappa shape index (κ2) is 2.24. The highest BCUT2D eigenvalue weighted by molar-refractivity contribution is 4.95. The normalized spacial score (nSPS) is 54.5. The van der Waals surface area contributed by atoms with Gasteiger partial charge >= 0.3 is 0 Å². The molecule has 3 aliphatic rings. The largest absolute Gasteiger partial charge is 0.0527 e. The van der Waals surface area contributed by atoms with E-state index in [0.29, 0.717) is 0 Å². The van der Waals surface area contributed by atoms with Gasteiger partial charge in [0.05, 0.1) is 0 Å². The Bertz CT molecular complexity index is 161. The van der Waals surface area contributed by atoms with Crippen molar-refractivity contribution >= 4 is 0 Å². The number of fused-ring (bicyclic) bond motifs is 3. The fourth-order valence-electron chi connectivity index (χ4n) is 3.93. The second-order valence-corrected chi connectivity index (χ2v) is 4.93. The third kappa shape index (κ3) is 0.816. The maximum atomic E-state index is 1.59. The molecule has 0 radical (unpaired) electrons. The van der Waals surface area contributed by atoms with Crippen LogP contribution in [0.5, 0.6) is 0 Å². The minimum absolute atomic E-state index is 1.18. The van der Waals surface area contributed by atoms with Crippen LogP contribution in [-0.4, -0.2) is 0 Å². The Morgan fingerprint density at radius 2 is 1.18 bits per heavy atom. The molecular weight excluding hydrogens is 132 g/mol. The van der Waals surface area contributed by atoms with Gasteiger partial charge in [-0.25, -0.2) is 0 Å². The van der Waals surface area contributed by atoms with E-state index < -0.39 is 0 Å². The van der Waals surface area contributed by atoms with Crippen molar-refractivity contribution in [2.45, 2.75) is 44.9 Å². The Balaban J connectivity index is 1.79. The lowest BCUT2D eigenvalue weighted by atomic mass is 9.58. The van der Waals surface area contributed by atoms with Crippen LogP contribution in [-0.2, 0) is 0 Å². The molecule has 0 amide bonds. The van der Waals surface area contributed by atoms with E-state index in [1.807, 2.05) is 0 Å². The van der Waals surface area contributed by atoms with Crippen molar-refractivity contribution in [3.8, 4) is 0 Å². The lowest BCUT2D eigenvalue weighted by molar-refractivity contribution is 0.0263. The molecule has 11 heavy (non-hydrogen) atoms. The van der Waals surface area contributed by atoms with Gasteiger partial charge in [-0.15, -0.1) is 0 Å². The van der Waals surface area contributed by atoms with Crippen molar-refractivity contribution in [1.82, 2.24) is 0 Å². The quantitative estimate of drug-likeness (QED) is 0.497. The molecular formula is C11H18. The van der Waals surface area contributed by atoms with Gasteiger partial charge in [0, 0.05) is 0 Å². The fraction of sp³-hybridized carbons (Fsp3) is 1.00. The van der Waals surface area contributed by atoms with E-state index in [0.717, 1.165) is 0 Å². The standard InChI is InChI=1S/C11H18/c1-2-8-4-5-9-6-7-11(9)10(8)3-1/h8-11H,1-7H2. The van der Waals surface area contributed by atoms with Gasteiger partial charge in [-0.2, -0.15) is 0 Å². The summed E-state index contributed by atoms with van der Waals surface area (Å²) in [7, 11) is 0. The predicted octanol–water partition coefficient (Wildman–Crippen LogP) is 3.22. The van der Waals surface area contributed by atoms with Gasteiger partial charge in [-0.1, -0.05) is 12.8 Å². The first kappa shape index (κ1) is 6.51. The minimum atomic E-state index is 1.18. The molecule has 0 bridgehead atoms. The van der Waals surface area contributed by atoms with E-state index in [4.69, 9.17) is 0 Å². The summed E-state index contributed by atoms with van der Waals surface area (Å²) < 4.78 is 0. The first-order valence-electron chi connectivity index (χ1n) is 5.45. The first-order chi connectivity index (χ1) is 5.45. The molecule has 0 aromatic rings. The molecule has 62 valence electrons. The zero-order chi connectivity index (χ0) is 7.26. The van der Waals surface area contributed by atoms with Crippen LogP contribution in [0, 0.1) is 23.7 Å². The van der Waals surface area contributed by atoms with Crippen molar-refractivity contribution in [1.29, 1.82) is 0 Å². The van der Waals surface area contributed by atoms with E-state index in [1.54, 1.807) is 44.9 Å². The van der Waals surface area contributed by atoms with Gasteiger partial charge < -0.3 is 0 Å². The minimum Gasteiger partial charge on any atom is -0.0527 e. The van der Waals surface area contributed by atoms with Gasteiger partial charge in [0.2, 0.25) is 0 Å². The lowest BCUT2D eigenvalue weighted by Crippen LogP contribution is -2.38. The topological polar surface area (TPSA) is 0 Å². The van der Waals surface area contributed by atoms with E-state index in [2.05, 4.69) is 0 Å². The van der Waals surface area contributed by atoms with Crippen molar-refractivity contribution < 1.29 is 0 Å². The van der Waals surface area contributed by atoms with Gasteiger partial charge in [-0.05, 0) is 55.8 Å². The number of hydrogen-bond donors (Lipinski definition) is 0. The Labute approximate surface area is 69.4 Å². The van der Waals surface area contributed by atoms with E-state index in [9.17, 15) is 0 Å². The van der Waals surface area contributed by atoms with Crippen LogP contribution in [0.15, 0.2) is 0 Å². The van der Waals surface area contributed by atoms with Gasteiger partial charge in [-0.3, -0.25) is 0 Å². The summed E-state index contributed by atoms with van der Waals surface area (Å²) in [4.78, 5) is 0. The molecule has 0 aliphatic heterocycles. The number of hydrogen-bond acceptors (Lipinski definition) is 0. The summed E-state index contributed by atoms with van der Waals surface area (Å²) in [5.74, 6) is 4.77. The number of rotatable bonds is 0. The molecule has 4 unspecified atom stereocenters. The Kier molecular flexibility index (Phi) is 1.33. The van der Waals surface area contributed by atoms with Crippen LogP contribution >= 0.6 is 0 Å². The zero-order valence-electron chi connectivity index (χ0n) is 7.26. The van der Waals surface area contributed by atoms with Crippen LogP contribution in [0.3, 0.4) is 0 Å². The third-order valence-corrected chi connectivity index (χ3v) is 4.65. The summed E-state index contributed by atoms with van der Waals surface area (Å²) in [5.41, 5.74) is 0. The van der Waals surface area contributed by atoms with Crippen molar-refractivity contribution in [3.05, 3.63) is 0 Å². The van der Waals surface area contributed by atoms with E-state index in [1.165, 1.54) is 23.7 Å². The molecule has 0 aromatic heterocycles. The molecule has 3 fully saturated rings. The highest BCUT2D eigenvalue weighted by Crippen LogP contribution is 2.55. The monoisotopic (exact) mass is 150 g/mol. The van der Waals surface area contributed by atoms with E-state index in [-0.39, 0.29) is 0 Å². The molecule has 3 aliphatic carbocycles. The Hall–Kier alpha value is 0. The van der Waals surface area contributed by atoms with Crippen LogP contribution in [0.25, 0.3) is 0 Å². The third-order valence-electron chi connectivity index (χ3n) is 4.65. The molecule has 0 aromatic carbocycles. The summed E-state index contributed by atoms with van der Waals surface area (Å²) in [5, 5.41) is 0. The molecule has 0 nitrogen and oxygen atoms in total. The van der Waals surface area contributed by atoms with Gasteiger partial charge in [0.1, 0.15) is 0 Å². The van der Waals surface area contributed by atoms with Crippen molar-refractivity contribution in [2.75, 3.05) is 0 Å². The van der Waals surface area contributed by atoms with Crippen LogP contribution in [0.1, 0.15) is 44.9 Å². The molecule has 3 rings (SSSR count). The highest BCUT2D eigenvalue weighted by Gasteiger charge is 2.45. The zero-order valence-corrected chi connectivity index (χ0v) is 7.26. The Morgan fingerprint density at radius 3 is 1.91 bits per heavy atom. The first-order valence-corrected chi connectivity index (χ1v) is 5.45. The lowest BCUT2D eigenvalue weighted by Gasteiger charge is -2.47. The molecule has 0 spiro atoms. The molecule has 3 saturated carbocycles. The van der Waals surface area contributed by atoms with Crippen LogP contribution in [0.2, 0.25) is 0 Å². The molecule has 0 N–H and O–H groups in total.